The summed E-state index contributed by atoms with van der Waals surface area (Å²) in [4.78, 5) is 38.4. The Bertz CT molecular complexity index is 828. The van der Waals surface area contributed by atoms with Crippen molar-refractivity contribution in [3.8, 4) is 0 Å². The van der Waals surface area contributed by atoms with Crippen LogP contribution in [0, 0.1) is 12.8 Å². The first-order chi connectivity index (χ1) is 13.5. The van der Waals surface area contributed by atoms with Gasteiger partial charge in [0.25, 0.3) is 5.91 Å². The first-order valence-corrected chi connectivity index (χ1v) is 9.31. The van der Waals surface area contributed by atoms with Gasteiger partial charge in [0.2, 0.25) is 5.91 Å². The molecule has 0 aliphatic carbocycles. The zero-order valence-corrected chi connectivity index (χ0v) is 15.8. The molecule has 28 heavy (non-hydrogen) atoms. The fourth-order valence-corrected chi connectivity index (χ4v) is 3.07. The molecule has 1 aliphatic rings. The smallest absolute Gasteiger partial charge is 0.321 e. The van der Waals surface area contributed by atoms with E-state index in [4.69, 9.17) is 0 Å². The number of nitrogens with one attached hydrogen (secondary N) is 3. The Balaban J connectivity index is 1.42. The number of hydrogen-bond donors (Lipinski definition) is 3. The number of hydrazine groups is 1. The van der Waals surface area contributed by atoms with E-state index in [0.29, 0.717) is 31.5 Å². The molecule has 0 radical (unpaired) electrons. The second-order valence-corrected chi connectivity index (χ2v) is 6.87. The highest BCUT2D eigenvalue weighted by Crippen LogP contribution is 2.18. The van der Waals surface area contributed by atoms with Gasteiger partial charge in [-0.3, -0.25) is 20.4 Å². The van der Waals surface area contributed by atoms with Crippen LogP contribution in [0.2, 0.25) is 0 Å². The lowest BCUT2D eigenvalue weighted by molar-refractivity contribution is -0.127. The van der Waals surface area contributed by atoms with E-state index in [1.807, 2.05) is 49.4 Å². The van der Waals surface area contributed by atoms with Crippen LogP contribution < -0.4 is 16.2 Å². The Morgan fingerprint density at radius 2 is 1.54 bits per heavy atom. The number of carbonyl (C=O) groups excluding carboxylic acids is 3. The standard InChI is InChI=1S/C21H24N4O3/c1-15-7-9-16(10-8-15)19(26)23-24-20(27)17-11-13-25(14-12-17)21(28)22-18-5-3-2-4-6-18/h2-10,17H,11-14H2,1H3,(H,22,28)(H,23,26)(H,24,27). The molecule has 2 aromatic carbocycles. The number of aryl methyl sites for hydroxylation is 1. The number of amides is 4. The van der Waals surface area contributed by atoms with Gasteiger partial charge in [-0.15, -0.1) is 0 Å². The van der Waals surface area contributed by atoms with Crippen molar-refractivity contribution >= 4 is 23.5 Å². The summed E-state index contributed by atoms with van der Waals surface area (Å²) in [6.07, 6.45) is 1.10. The number of rotatable bonds is 3. The molecule has 0 atom stereocenters. The summed E-state index contributed by atoms with van der Waals surface area (Å²) in [6.45, 7) is 2.92. The topological polar surface area (TPSA) is 90.5 Å². The number of likely N-dealkylation sites (tertiary alicyclic amines) is 1. The summed E-state index contributed by atoms with van der Waals surface area (Å²) in [7, 11) is 0. The van der Waals surface area contributed by atoms with Gasteiger partial charge in [-0.1, -0.05) is 35.9 Å². The lowest BCUT2D eigenvalue weighted by atomic mass is 9.96. The van der Waals surface area contributed by atoms with E-state index in [2.05, 4.69) is 16.2 Å². The highest BCUT2D eigenvalue weighted by Gasteiger charge is 2.27. The van der Waals surface area contributed by atoms with Gasteiger partial charge in [-0.25, -0.2) is 4.79 Å². The summed E-state index contributed by atoms with van der Waals surface area (Å²) in [5.74, 6) is -0.823. The third kappa shape index (κ3) is 5.09. The minimum absolute atomic E-state index is 0.169. The second-order valence-electron chi connectivity index (χ2n) is 6.87. The molecule has 7 heteroatoms. The van der Waals surface area contributed by atoms with Crippen molar-refractivity contribution in [1.29, 1.82) is 0 Å². The maximum atomic E-state index is 12.3. The third-order valence-corrected chi connectivity index (χ3v) is 4.79. The minimum atomic E-state index is -0.354. The van der Waals surface area contributed by atoms with Crippen molar-refractivity contribution in [3.05, 3.63) is 65.7 Å². The van der Waals surface area contributed by atoms with Crippen LogP contribution in [0.1, 0.15) is 28.8 Å². The number of benzene rings is 2. The van der Waals surface area contributed by atoms with Crippen LogP contribution in [-0.4, -0.2) is 35.8 Å². The molecule has 7 nitrogen and oxygen atoms in total. The largest absolute Gasteiger partial charge is 0.324 e. The molecule has 0 saturated carbocycles. The van der Waals surface area contributed by atoms with Crippen LogP contribution in [-0.2, 0) is 4.79 Å². The normalized spacial score (nSPS) is 14.2. The quantitative estimate of drug-likeness (QED) is 0.715. The average Bonchev–Trinajstić information content (AvgIpc) is 2.73. The minimum Gasteiger partial charge on any atom is -0.324 e. The van der Waals surface area contributed by atoms with Crippen LogP contribution in [0.25, 0.3) is 0 Å². The Kier molecular flexibility index (Phi) is 6.26. The van der Waals surface area contributed by atoms with E-state index >= 15 is 0 Å². The van der Waals surface area contributed by atoms with Crippen molar-refractivity contribution in [3.63, 3.8) is 0 Å². The molecule has 1 saturated heterocycles. The molecule has 1 fully saturated rings. The molecular weight excluding hydrogens is 356 g/mol. The van der Waals surface area contributed by atoms with Crippen molar-refractivity contribution < 1.29 is 14.4 Å². The van der Waals surface area contributed by atoms with Crippen molar-refractivity contribution in [2.24, 2.45) is 5.92 Å². The number of carbonyl (C=O) groups is 3. The third-order valence-electron chi connectivity index (χ3n) is 4.79. The molecule has 4 amide bonds. The molecule has 0 aromatic heterocycles. The maximum Gasteiger partial charge on any atom is 0.321 e. The molecule has 3 rings (SSSR count). The molecule has 1 heterocycles. The van der Waals surface area contributed by atoms with E-state index in [1.165, 1.54) is 0 Å². The number of urea groups is 1. The van der Waals surface area contributed by atoms with Crippen LogP contribution >= 0.6 is 0 Å². The zero-order chi connectivity index (χ0) is 19.9. The van der Waals surface area contributed by atoms with Crippen LogP contribution in [0.4, 0.5) is 10.5 Å². The second kappa shape index (κ2) is 9.03. The first-order valence-electron chi connectivity index (χ1n) is 9.31. The van der Waals surface area contributed by atoms with Gasteiger partial charge in [0.05, 0.1) is 0 Å². The van der Waals surface area contributed by atoms with E-state index in [-0.39, 0.29) is 23.8 Å². The molecule has 1 aliphatic heterocycles. The number of para-hydroxylation sites is 1. The summed E-state index contributed by atoms with van der Waals surface area (Å²) >= 11 is 0. The summed E-state index contributed by atoms with van der Waals surface area (Å²) in [5, 5.41) is 2.85. The van der Waals surface area contributed by atoms with Crippen LogP contribution in [0.3, 0.4) is 0 Å². The lowest BCUT2D eigenvalue weighted by Gasteiger charge is -2.31. The maximum absolute atomic E-state index is 12.3. The van der Waals surface area contributed by atoms with Gasteiger partial charge >= 0.3 is 6.03 Å². The van der Waals surface area contributed by atoms with Gasteiger partial charge in [0, 0.05) is 30.3 Å². The van der Waals surface area contributed by atoms with Gasteiger partial charge in [0.15, 0.2) is 0 Å². The van der Waals surface area contributed by atoms with Gasteiger partial charge < -0.3 is 10.2 Å². The number of nitrogens with zero attached hydrogens (tertiary/aromatic N) is 1. The molecule has 0 spiro atoms. The number of piperidine rings is 1. The van der Waals surface area contributed by atoms with Crippen LogP contribution in [0.5, 0.6) is 0 Å². The predicted octanol–water partition coefficient (Wildman–Crippen LogP) is 2.70. The highest BCUT2D eigenvalue weighted by molar-refractivity contribution is 5.95. The Morgan fingerprint density at radius 1 is 0.893 bits per heavy atom. The molecule has 3 N–H and O–H groups in total. The van der Waals surface area contributed by atoms with Gasteiger partial charge in [-0.05, 0) is 44.0 Å². The van der Waals surface area contributed by atoms with Crippen molar-refractivity contribution in [1.82, 2.24) is 15.8 Å². The van der Waals surface area contributed by atoms with E-state index in [9.17, 15) is 14.4 Å². The van der Waals surface area contributed by atoms with E-state index < -0.39 is 0 Å². The zero-order valence-electron chi connectivity index (χ0n) is 15.8. The molecule has 146 valence electrons. The Labute approximate surface area is 164 Å². The molecule has 0 bridgehead atoms. The van der Waals surface area contributed by atoms with E-state index in [0.717, 1.165) is 11.3 Å². The summed E-state index contributed by atoms with van der Waals surface area (Å²) in [6, 6.07) is 16.2. The number of hydrogen-bond acceptors (Lipinski definition) is 3. The fraction of sp³-hybridized carbons (Fsp3) is 0.286. The monoisotopic (exact) mass is 380 g/mol. The van der Waals surface area contributed by atoms with Crippen LogP contribution in [0.15, 0.2) is 54.6 Å². The lowest BCUT2D eigenvalue weighted by Crippen LogP contribution is -2.48. The van der Waals surface area contributed by atoms with Crippen molar-refractivity contribution in [2.75, 3.05) is 18.4 Å². The SMILES string of the molecule is Cc1ccc(C(=O)NNC(=O)C2CCN(C(=O)Nc3ccccc3)CC2)cc1. The Hall–Kier alpha value is -3.35. The highest BCUT2D eigenvalue weighted by atomic mass is 16.2. The molecule has 2 aromatic rings. The summed E-state index contributed by atoms with van der Waals surface area (Å²) in [5.41, 5.74) is 7.23. The first kappa shape index (κ1) is 19.4. The molecular formula is C21H24N4O3. The average molecular weight is 380 g/mol. The van der Waals surface area contributed by atoms with Gasteiger partial charge in [-0.2, -0.15) is 0 Å². The van der Waals surface area contributed by atoms with Crippen molar-refractivity contribution in [2.45, 2.75) is 19.8 Å². The van der Waals surface area contributed by atoms with Gasteiger partial charge in [0.1, 0.15) is 0 Å². The number of anilines is 1. The molecule has 0 unspecified atom stereocenters. The van der Waals surface area contributed by atoms with E-state index in [1.54, 1.807) is 17.0 Å². The predicted molar refractivity (Wildman–Crippen MR) is 107 cm³/mol. The fourth-order valence-electron chi connectivity index (χ4n) is 3.07. The Morgan fingerprint density at radius 3 is 2.18 bits per heavy atom. The summed E-state index contributed by atoms with van der Waals surface area (Å²) < 4.78 is 0.